The summed E-state index contributed by atoms with van der Waals surface area (Å²) in [5.74, 6) is 0.405. The Morgan fingerprint density at radius 3 is 2.20 bits per heavy atom. The predicted octanol–water partition coefficient (Wildman–Crippen LogP) is 2.66. The minimum Gasteiger partial charge on any atom is -0.491 e. The summed E-state index contributed by atoms with van der Waals surface area (Å²) < 4.78 is 27.5. The van der Waals surface area contributed by atoms with Crippen LogP contribution in [0.3, 0.4) is 0 Å². The smallest absolute Gasteiger partial charge is 0.472 e. The van der Waals surface area contributed by atoms with Gasteiger partial charge in [0.05, 0.1) is 27.7 Å². The molecular formula is C17H27NO6P+. The number of rotatable bonds is 11. The predicted molar refractivity (Wildman–Crippen MR) is 95.7 cm³/mol. The average molecular weight is 372 g/mol. The number of likely N-dealkylation sites (N-methyl/N-ethyl adjacent to an activating group) is 1. The SMILES string of the molecule is C=C(C)C(=O)c1ccc(OCCOP(=O)(O)OCC[N+](C)(C)C)cc1. The fourth-order valence-corrected chi connectivity index (χ4v) is 2.42. The van der Waals surface area contributed by atoms with E-state index in [-0.39, 0.29) is 25.6 Å². The lowest BCUT2D eigenvalue weighted by molar-refractivity contribution is -0.870. The largest absolute Gasteiger partial charge is 0.491 e. The molecule has 140 valence electrons. The number of ether oxygens (including phenoxy) is 1. The van der Waals surface area contributed by atoms with Crippen LogP contribution in [-0.4, -0.2) is 62.7 Å². The summed E-state index contributed by atoms with van der Waals surface area (Å²) in [5, 5.41) is 0. The number of allylic oxidation sites excluding steroid dienone is 1. The maximum atomic E-state index is 11.7. The molecular weight excluding hydrogens is 345 g/mol. The van der Waals surface area contributed by atoms with E-state index in [0.29, 0.717) is 27.9 Å². The van der Waals surface area contributed by atoms with Crippen LogP contribution < -0.4 is 4.74 Å². The number of quaternary nitrogens is 1. The van der Waals surface area contributed by atoms with Gasteiger partial charge in [-0.2, -0.15) is 0 Å². The van der Waals surface area contributed by atoms with Crippen molar-refractivity contribution in [1.29, 1.82) is 0 Å². The summed E-state index contributed by atoms with van der Waals surface area (Å²) in [6.07, 6.45) is 0. The van der Waals surface area contributed by atoms with Gasteiger partial charge < -0.3 is 14.1 Å². The number of nitrogens with zero attached hydrogens (tertiary/aromatic N) is 1. The van der Waals surface area contributed by atoms with Crippen LogP contribution in [0.5, 0.6) is 5.75 Å². The van der Waals surface area contributed by atoms with Gasteiger partial charge in [0.1, 0.15) is 25.5 Å². The molecule has 0 spiro atoms. The average Bonchev–Trinajstić information content (AvgIpc) is 2.50. The van der Waals surface area contributed by atoms with Gasteiger partial charge in [0.25, 0.3) is 0 Å². The van der Waals surface area contributed by atoms with Crippen molar-refractivity contribution < 1.29 is 32.5 Å². The minimum absolute atomic E-state index is 0.0804. The molecule has 1 N–H and O–H groups in total. The van der Waals surface area contributed by atoms with Crippen molar-refractivity contribution in [1.82, 2.24) is 0 Å². The molecule has 1 aromatic rings. The zero-order chi connectivity index (χ0) is 19.1. The van der Waals surface area contributed by atoms with Crippen LogP contribution in [0.25, 0.3) is 0 Å². The number of hydrogen-bond donors (Lipinski definition) is 1. The first-order valence-corrected chi connectivity index (χ1v) is 9.35. The normalized spacial score (nSPS) is 14.0. The minimum atomic E-state index is -4.08. The zero-order valence-corrected chi connectivity index (χ0v) is 16.1. The summed E-state index contributed by atoms with van der Waals surface area (Å²) in [6.45, 7) is 5.96. The Bertz CT molecular complexity index is 636. The van der Waals surface area contributed by atoms with E-state index in [0.717, 1.165) is 0 Å². The van der Waals surface area contributed by atoms with E-state index < -0.39 is 7.82 Å². The van der Waals surface area contributed by atoms with Gasteiger partial charge >= 0.3 is 7.82 Å². The molecule has 1 rings (SSSR count). The first-order valence-electron chi connectivity index (χ1n) is 7.85. The van der Waals surface area contributed by atoms with Crippen molar-refractivity contribution in [2.45, 2.75) is 6.92 Å². The van der Waals surface area contributed by atoms with E-state index in [9.17, 15) is 14.3 Å². The molecule has 1 aromatic carbocycles. The Morgan fingerprint density at radius 1 is 1.12 bits per heavy atom. The Morgan fingerprint density at radius 2 is 1.68 bits per heavy atom. The van der Waals surface area contributed by atoms with Crippen LogP contribution in [0.4, 0.5) is 0 Å². The molecule has 8 heteroatoms. The zero-order valence-electron chi connectivity index (χ0n) is 15.2. The van der Waals surface area contributed by atoms with Crippen molar-refractivity contribution in [3.05, 3.63) is 42.0 Å². The van der Waals surface area contributed by atoms with E-state index in [1.165, 1.54) is 0 Å². The number of hydrogen-bond acceptors (Lipinski definition) is 5. The standard InChI is InChI=1S/C17H26NO6P/c1-14(2)17(19)15-6-8-16(9-7-15)22-12-13-24-25(20,21)23-11-10-18(3,4)5/h6-9H,1,10-13H2,2-5H3/p+1. The molecule has 7 nitrogen and oxygen atoms in total. The number of carbonyl (C=O) groups is 1. The number of Topliss-reactive ketones (excluding diaryl/α,β-unsaturated/α-hetero) is 1. The fraction of sp³-hybridized carbons (Fsp3) is 0.471. The lowest BCUT2D eigenvalue weighted by Crippen LogP contribution is -2.37. The van der Waals surface area contributed by atoms with Gasteiger partial charge in [-0.25, -0.2) is 4.57 Å². The number of carbonyl (C=O) groups excluding carboxylic acids is 1. The third-order valence-corrected chi connectivity index (χ3v) is 4.14. The molecule has 0 bridgehead atoms. The van der Waals surface area contributed by atoms with Gasteiger partial charge in [-0.15, -0.1) is 0 Å². The summed E-state index contributed by atoms with van der Waals surface area (Å²) >= 11 is 0. The highest BCUT2D eigenvalue weighted by Crippen LogP contribution is 2.42. The van der Waals surface area contributed by atoms with Gasteiger partial charge in [0.2, 0.25) is 0 Å². The second-order valence-corrected chi connectivity index (χ2v) is 8.08. The van der Waals surface area contributed by atoms with Gasteiger partial charge in [-0.3, -0.25) is 13.8 Å². The van der Waals surface area contributed by atoms with Crippen LogP contribution in [0.15, 0.2) is 36.4 Å². The quantitative estimate of drug-likeness (QED) is 0.211. The number of benzene rings is 1. The first kappa shape index (κ1) is 21.5. The summed E-state index contributed by atoms with van der Waals surface area (Å²) in [5.41, 5.74) is 0.993. The molecule has 0 saturated carbocycles. The van der Waals surface area contributed by atoms with Gasteiger partial charge in [0, 0.05) is 5.56 Å². The van der Waals surface area contributed by atoms with Crippen LogP contribution in [0.1, 0.15) is 17.3 Å². The molecule has 0 aromatic heterocycles. The number of ketones is 1. The maximum Gasteiger partial charge on any atom is 0.472 e. The Kier molecular flexibility index (Phi) is 7.99. The van der Waals surface area contributed by atoms with E-state index >= 15 is 0 Å². The first-order chi connectivity index (χ1) is 11.5. The lowest BCUT2D eigenvalue weighted by atomic mass is 10.1. The number of phosphoric acid groups is 1. The lowest BCUT2D eigenvalue weighted by Gasteiger charge is -2.24. The molecule has 0 heterocycles. The van der Waals surface area contributed by atoms with Crippen molar-refractivity contribution in [3.8, 4) is 5.75 Å². The van der Waals surface area contributed by atoms with Crippen LogP contribution in [-0.2, 0) is 13.6 Å². The van der Waals surface area contributed by atoms with E-state index in [4.69, 9.17) is 13.8 Å². The van der Waals surface area contributed by atoms with Crippen LogP contribution >= 0.6 is 7.82 Å². The van der Waals surface area contributed by atoms with Crippen LogP contribution in [0, 0.1) is 0 Å². The molecule has 25 heavy (non-hydrogen) atoms. The Labute approximate surface area is 149 Å². The van der Waals surface area contributed by atoms with Crippen molar-refractivity contribution in [2.24, 2.45) is 0 Å². The van der Waals surface area contributed by atoms with Gasteiger partial charge in [0.15, 0.2) is 5.78 Å². The summed E-state index contributed by atoms with van der Waals surface area (Å²) in [7, 11) is 1.79. The summed E-state index contributed by atoms with van der Waals surface area (Å²) in [6, 6.07) is 6.56. The molecule has 0 aliphatic carbocycles. The highest BCUT2D eigenvalue weighted by atomic mass is 31.2. The molecule has 1 atom stereocenters. The molecule has 0 saturated heterocycles. The monoisotopic (exact) mass is 372 g/mol. The molecule has 1 unspecified atom stereocenters. The van der Waals surface area contributed by atoms with Gasteiger partial charge in [-0.1, -0.05) is 6.58 Å². The van der Waals surface area contributed by atoms with Crippen molar-refractivity contribution >= 4 is 13.6 Å². The summed E-state index contributed by atoms with van der Waals surface area (Å²) in [4.78, 5) is 21.3. The second-order valence-electron chi connectivity index (χ2n) is 6.63. The molecule has 0 amide bonds. The van der Waals surface area contributed by atoms with E-state index in [2.05, 4.69) is 6.58 Å². The molecule has 0 radical (unpaired) electrons. The van der Waals surface area contributed by atoms with E-state index in [1.54, 1.807) is 31.2 Å². The Hall–Kier alpha value is -1.50. The topological polar surface area (TPSA) is 82.1 Å². The number of phosphoric ester groups is 1. The van der Waals surface area contributed by atoms with Crippen LogP contribution in [0.2, 0.25) is 0 Å². The maximum absolute atomic E-state index is 11.7. The highest BCUT2D eigenvalue weighted by Gasteiger charge is 2.22. The second kappa shape index (κ2) is 9.27. The molecule has 0 aliphatic heterocycles. The van der Waals surface area contributed by atoms with Crippen molar-refractivity contribution in [3.63, 3.8) is 0 Å². The third-order valence-electron chi connectivity index (χ3n) is 3.13. The third kappa shape index (κ3) is 8.95. The molecule has 0 aliphatic rings. The highest BCUT2D eigenvalue weighted by molar-refractivity contribution is 7.47. The fourth-order valence-electron chi connectivity index (χ4n) is 1.73. The van der Waals surface area contributed by atoms with Crippen molar-refractivity contribution in [2.75, 3.05) is 47.5 Å². The molecule has 0 fully saturated rings. The van der Waals surface area contributed by atoms with Gasteiger partial charge in [-0.05, 0) is 36.8 Å². The Balaban J connectivity index is 2.34. The van der Waals surface area contributed by atoms with E-state index in [1.807, 2.05) is 21.1 Å².